The van der Waals surface area contributed by atoms with Gasteiger partial charge < -0.3 is 9.14 Å². The molecule has 126 valence electrons. The molecule has 0 aliphatic rings. The van der Waals surface area contributed by atoms with Crippen LogP contribution in [0.25, 0.3) is 5.65 Å². The fourth-order valence-corrected chi connectivity index (χ4v) is 3.68. The second kappa shape index (κ2) is 6.43. The molecule has 3 aromatic rings. The molecular formula is C16H15ClN2O4S. The Morgan fingerprint density at radius 3 is 2.79 bits per heavy atom. The molecule has 0 atom stereocenters. The van der Waals surface area contributed by atoms with E-state index in [1.54, 1.807) is 23.6 Å². The van der Waals surface area contributed by atoms with E-state index >= 15 is 0 Å². The molecule has 0 saturated heterocycles. The minimum atomic E-state index is -4.04. The summed E-state index contributed by atoms with van der Waals surface area (Å²) in [5.74, 6) is 0.175. The van der Waals surface area contributed by atoms with Crippen molar-refractivity contribution in [2.24, 2.45) is 0 Å². The van der Waals surface area contributed by atoms with Gasteiger partial charge in [0.25, 0.3) is 0 Å². The van der Waals surface area contributed by atoms with Crippen LogP contribution in [0.4, 0.5) is 0 Å². The first-order valence-electron chi connectivity index (χ1n) is 7.08. The number of pyridine rings is 1. The van der Waals surface area contributed by atoms with Crippen molar-refractivity contribution in [3.05, 3.63) is 59.0 Å². The molecule has 0 fully saturated rings. The van der Waals surface area contributed by atoms with E-state index in [9.17, 15) is 8.42 Å². The van der Waals surface area contributed by atoms with Crippen LogP contribution in [0.15, 0.2) is 47.5 Å². The maximum Gasteiger partial charge on any atom is 0.301 e. The van der Waals surface area contributed by atoms with Gasteiger partial charge in [0, 0.05) is 11.2 Å². The van der Waals surface area contributed by atoms with E-state index in [4.69, 9.17) is 20.5 Å². The number of methoxy groups -OCH3 is 1. The molecule has 0 aliphatic carbocycles. The SMILES string of the molecule is COc1ccc(Cl)cc1S(=O)(=O)OCc1c(C)nc2ccccn12. The molecule has 0 aliphatic heterocycles. The number of imidazole rings is 1. The predicted octanol–water partition coefficient (Wildman–Crippen LogP) is 3.21. The Kier molecular flexibility index (Phi) is 4.49. The summed E-state index contributed by atoms with van der Waals surface area (Å²) in [6.45, 7) is 1.66. The van der Waals surface area contributed by atoms with Crippen molar-refractivity contribution in [3.8, 4) is 5.75 Å². The third-order valence-electron chi connectivity index (χ3n) is 3.57. The van der Waals surface area contributed by atoms with Crippen LogP contribution in [-0.4, -0.2) is 24.9 Å². The van der Waals surface area contributed by atoms with Crippen LogP contribution in [0.3, 0.4) is 0 Å². The second-order valence-electron chi connectivity index (χ2n) is 5.08. The standard InChI is InChI=1S/C16H15ClN2O4S/c1-11-13(19-8-4-3-5-16(19)18-11)10-23-24(20,21)15-9-12(17)6-7-14(15)22-2/h3-9H,10H2,1-2H3. The van der Waals surface area contributed by atoms with Crippen LogP contribution in [0.1, 0.15) is 11.4 Å². The number of benzene rings is 1. The fraction of sp³-hybridized carbons (Fsp3) is 0.188. The summed E-state index contributed by atoms with van der Waals surface area (Å²) < 4.78 is 37.1. The van der Waals surface area contributed by atoms with Gasteiger partial charge in [0.2, 0.25) is 0 Å². The lowest BCUT2D eigenvalue weighted by atomic mass is 10.3. The molecule has 2 heterocycles. The van der Waals surface area contributed by atoms with Crippen LogP contribution in [0.2, 0.25) is 5.02 Å². The highest BCUT2D eigenvalue weighted by molar-refractivity contribution is 7.86. The zero-order valence-electron chi connectivity index (χ0n) is 13.1. The number of rotatable bonds is 5. The average Bonchev–Trinajstić information content (AvgIpc) is 2.88. The third kappa shape index (κ3) is 3.10. The van der Waals surface area contributed by atoms with E-state index < -0.39 is 10.1 Å². The molecule has 0 bridgehead atoms. The summed E-state index contributed by atoms with van der Waals surface area (Å²) in [5, 5.41) is 0.281. The number of aromatic nitrogens is 2. The zero-order valence-corrected chi connectivity index (χ0v) is 14.6. The highest BCUT2D eigenvalue weighted by Crippen LogP contribution is 2.29. The van der Waals surface area contributed by atoms with Crippen LogP contribution in [-0.2, 0) is 20.9 Å². The number of halogens is 1. The Balaban J connectivity index is 1.93. The first kappa shape index (κ1) is 16.8. The third-order valence-corrected chi connectivity index (χ3v) is 5.10. The van der Waals surface area contributed by atoms with E-state index in [-0.39, 0.29) is 22.3 Å². The van der Waals surface area contributed by atoms with E-state index in [2.05, 4.69) is 4.98 Å². The van der Waals surface area contributed by atoms with Crippen molar-refractivity contribution in [1.29, 1.82) is 0 Å². The second-order valence-corrected chi connectivity index (χ2v) is 7.10. The molecule has 3 rings (SSSR count). The van der Waals surface area contributed by atoms with Gasteiger partial charge in [0.15, 0.2) is 0 Å². The highest BCUT2D eigenvalue weighted by Gasteiger charge is 2.22. The minimum Gasteiger partial charge on any atom is -0.495 e. The lowest BCUT2D eigenvalue weighted by molar-refractivity contribution is 0.298. The number of nitrogens with zero attached hydrogens (tertiary/aromatic N) is 2. The Labute approximate surface area is 144 Å². The molecule has 0 radical (unpaired) electrons. The maximum atomic E-state index is 12.5. The topological polar surface area (TPSA) is 69.9 Å². The Morgan fingerprint density at radius 1 is 1.25 bits per heavy atom. The van der Waals surface area contributed by atoms with E-state index in [0.29, 0.717) is 11.4 Å². The van der Waals surface area contributed by atoms with Crippen molar-refractivity contribution < 1.29 is 17.3 Å². The van der Waals surface area contributed by atoms with Gasteiger partial charge in [-0.15, -0.1) is 0 Å². The van der Waals surface area contributed by atoms with Gasteiger partial charge in [-0.1, -0.05) is 17.7 Å². The molecular weight excluding hydrogens is 352 g/mol. The van der Waals surface area contributed by atoms with Crippen molar-refractivity contribution in [2.45, 2.75) is 18.4 Å². The van der Waals surface area contributed by atoms with Gasteiger partial charge in [-0.3, -0.25) is 4.18 Å². The van der Waals surface area contributed by atoms with Crippen molar-refractivity contribution >= 4 is 27.4 Å². The van der Waals surface area contributed by atoms with E-state index in [0.717, 1.165) is 5.65 Å². The summed E-state index contributed by atoms with van der Waals surface area (Å²) in [7, 11) is -2.65. The normalized spacial score (nSPS) is 11.8. The number of ether oxygens (including phenoxy) is 1. The zero-order chi connectivity index (χ0) is 17.3. The van der Waals surface area contributed by atoms with Gasteiger partial charge in [0.05, 0.1) is 18.5 Å². The lowest BCUT2D eigenvalue weighted by Crippen LogP contribution is -2.10. The Bertz CT molecular complexity index is 998. The van der Waals surface area contributed by atoms with Crippen LogP contribution in [0, 0.1) is 6.92 Å². The number of fused-ring (bicyclic) bond motifs is 1. The van der Waals surface area contributed by atoms with E-state index in [1.807, 2.05) is 18.2 Å². The summed E-state index contributed by atoms with van der Waals surface area (Å²) in [6.07, 6.45) is 1.81. The predicted molar refractivity (Wildman–Crippen MR) is 89.9 cm³/mol. The maximum absolute atomic E-state index is 12.5. The van der Waals surface area contributed by atoms with Crippen molar-refractivity contribution in [3.63, 3.8) is 0 Å². The van der Waals surface area contributed by atoms with Crippen molar-refractivity contribution in [2.75, 3.05) is 7.11 Å². The fourth-order valence-electron chi connectivity index (χ4n) is 2.38. The molecule has 2 aromatic heterocycles. The summed E-state index contributed by atoms with van der Waals surface area (Å²) in [5.41, 5.74) is 2.09. The Hall–Kier alpha value is -2.09. The molecule has 6 nitrogen and oxygen atoms in total. The van der Waals surface area contributed by atoms with Gasteiger partial charge in [-0.2, -0.15) is 8.42 Å². The summed E-state index contributed by atoms with van der Waals surface area (Å²) in [4.78, 5) is 4.27. The van der Waals surface area contributed by atoms with Crippen LogP contribution in [0.5, 0.6) is 5.75 Å². The molecule has 24 heavy (non-hydrogen) atoms. The van der Waals surface area contributed by atoms with Crippen molar-refractivity contribution in [1.82, 2.24) is 9.38 Å². The molecule has 0 amide bonds. The molecule has 0 saturated carbocycles. The molecule has 0 N–H and O–H groups in total. The van der Waals surface area contributed by atoms with Gasteiger partial charge >= 0.3 is 10.1 Å². The quantitative estimate of drug-likeness (QED) is 0.648. The van der Waals surface area contributed by atoms with Crippen LogP contribution < -0.4 is 4.74 Å². The number of aryl methyl sites for hydroxylation is 1. The first-order chi connectivity index (χ1) is 11.4. The van der Waals surface area contributed by atoms with E-state index in [1.165, 1.54) is 19.2 Å². The van der Waals surface area contributed by atoms with Gasteiger partial charge in [0.1, 0.15) is 22.9 Å². The van der Waals surface area contributed by atoms with Gasteiger partial charge in [-0.05, 0) is 37.3 Å². The average molecular weight is 367 g/mol. The van der Waals surface area contributed by atoms with Gasteiger partial charge in [-0.25, -0.2) is 4.98 Å². The summed E-state index contributed by atoms with van der Waals surface area (Å²) >= 11 is 5.89. The first-order valence-corrected chi connectivity index (χ1v) is 8.86. The molecule has 0 unspecified atom stereocenters. The largest absolute Gasteiger partial charge is 0.495 e. The highest BCUT2D eigenvalue weighted by atomic mass is 35.5. The monoisotopic (exact) mass is 366 g/mol. The molecule has 8 heteroatoms. The smallest absolute Gasteiger partial charge is 0.301 e. The Morgan fingerprint density at radius 2 is 2.04 bits per heavy atom. The lowest BCUT2D eigenvalue weighted by Gasteiger charge is -2.10. The molecule has 0 spiro atoms. The number of hydrogen-bond acceptors (Lipinski definition) is 5. The molecule has 1 aromatic carbocycles. The van der Waals surface area contributed by atoms with Crippen LogP contribution >= 0.6 is 11.6 Å². The minimum absolute atomic E-state index is 0.107. The number of hydrogen-bond donors (Lipinski definition) is 0. The summed E-state index contributed by atoms with van der Waals surface area (Å²) in [6, 6.07) is 9.88.